The number of hydrogen-bond donors (Lipinski definition) is 1. The molecule has 2 aromatic rings. The number of thiophene rings is 1. The average Bonchev–Trinajstić information content (AvgIpc) is 2.79. The lowest BCUT2D eigenvalue weighted by atomic mass is 9.93. The molecule has 1 aromatic heterocycles. The Morgan fingerprint density at radius 2 is 1.95 bits per heavy atom. The van der Waals surface area contributed by atoms with Gasteiger partial charge < -0.3 is 14.6 Å². The van der Waals surface area contributed by atoms with E-state index in [1.165, 1.54) is 15.6 Å². The van der Waals surface area contributed by atoms with Crippen molar-refractivity contribution in [3.63, 3.8) is 0 Å². The molecule has 2 rings (SSSR count). The molecule has 1 N–H and O–H groups in total. The molecule has 1 atom stereocenters. The normalized spacial score (nSPS) is 15.0. The third-order valence-electron chi connectivity index (χ3n) is 3.26. The van der Waals surface area contributed by atoms with Crippen LogP contribution in [0.25, 0.3) is 10.1 Å². The second kappa shape index (κ2) is 6.01. The van der Waals surface area contributed by atoms with Crippen molar-refractivity contribution in [1.82, 2.24) is 0 Å². The lowest BCUT2D eigenvalue weighted by Crippen LogP contribution is -2.33. The van der Waals surface area contributed by atoms with E-state index in [2.05, 4.69) is 17.5 Å². The van der Waals surface area contributed by atoms with Gasteiger partial charge in [0.1, 0.15) is 0 Å². The van der Waals surface area contributed by atoms with E-state index < -0.39 is 5.60 Å². The summed E-state index contributed by atoms with van der Waals surface area (Å²) < 4.78 is 11.6. The van der Waals surface area contributed by atoms with Crippen LogP contribution < -0.4 is 0 Å². The fourth-order valence-electron chi connectivity index (χ4n) is 2.27. The lowest BCUT2D eigenvalue weighted by molar-refractivity contribution is -0.139. The van der Waals surface area contributed by atoms with E-state index in [0.29, 0.717) is 12.8 Å². The van der Waals surface area contributed by atoms with Gasteiger partial charge in [0.05, 0.1) is 5.60 Å². The molecule has 3 nitrogen and oxygen atoms in total. The number of benzene rings is 1. The Kier molecular flexibility index (Phi) is 4.58. The van der Waals surface area contributed by atoms with E-state index >= 15 is 0 Å². The third kappa shape index (κ3) is 3.54. The average molecular weight is 280 g/mol. The van der Waals surface area contributed by atoms with Crippen LogP contribution in [0.1, 0.15) is 18.9 Å². The Labute approximate surface area is 117 Å². The molecule has 1 aromatic carbocycles. The number of fused-ring (bicyclic) bond motifs is 1. The van der Waals surface area contributed by atoms with Crippen LogP contribution in [0.15, 0.2) is 29.6 Å². The Morgan fingerprint density at radius 1 is 1.26 bits per heavy atom. The summed E-state index contributed by atoms with van der Waals surface area (Å²) in [6, 6.07) is 8.26. The third-order valence-corrected chi connectivity index (χ3v) is 4.28. The first kappa shape index (κ1) is 14.5. The van der Waals surface area contributed by atoms with Crippen LogP contribution in [0.2, 0.25) is 0 Å². The van der Waals surface area contributed by atoms with Crippen LogP contribution in [0.5, 0.6) is 0 Å². The highest BCUT2D eigenvalue weighted by molar-refractivity contribution is 7.17. The highest BCUT2D eigenvalue weighted by Crippen LogP contribution is 2.30. The summed E-state index contributed by atoms with van der Waals surface area (Å²) in [5.74, 6) is 0. The van der Waals surface area contributed by atoms with Crippen molar-refractivity contribution in [3.05, 3.63) is 35.2 Å². The zero-order valence-corrected chi connectivity index (χ0v) is 12.4. The topological polar surface area (TPSA) is 38.7 Å². The van der Waals surface area contributed by atoms with Crippen molar-refractivity contribution in [2.24, 2.45) is 0 Å². The quantitative estimate of drug-likeness (QED) is 0.826. The Bertz CT molecular complexity index is 529. The van der Waals surface area contributed by atoms with Gasteiger partial charge in [0.2, 0.25) is 0 Å². The van der Waals surface area contributed by atoms with Crippen LogP contribution in [0.3, 0.4) is 0 Å². The Morgan fingerprint density at radius 3 is 2.63 bits per heavy atom. The van der Waals surface area contributed by atoms with Crippen molar-refractivity contribution < 1.29 is 14.6 Å². The molecule has 104 valence electrons. The van der Waals surface area contributed by atoms with Crippen molar-refractivity contribution in [3.8, 4) is 0 Å². The van der Waals surface area contributed by atoms with Crippen molar-refractivity contribution in [1.29, 1.82) is 0 Å². The molecule has 1 heterocycles. The highest BCUT2D eigenvalue weighted by Gasteiger charge is 2.27. The smallest absolute Gasteiger partial charge is 0.159 e. The minimum absolute atomic E-state index is 0.375. The maximum absolute atomic E-state index is 10.5. The van der Waals surface area contributed by atoms with E-state index in [-0.39, 0.29) is 6.29 Å². The molecule has 1 unspecified atom stereocenters. The van der Waals surface area contributed by atoms with Crippen LogP contribution in [-0.4, -0.2) is 31.2 Å². The fourth-order valence-corrected chi connectivity index (χ4v) is 3.24. The van der Waals surface area contributed by atoms with Crippen molar-refractivity contribution in [2.45, 2.75) is 31.7 Å². The van der Waals surface area contributed by atoms with Gasteiger partial charge in [-0.1, -0.05) is 18.2 Å². The molecule has 4 heteroatoms. The molecule has 0 radical (unpaired) electrons. The zero-order chi connectivity index (χ0) is 13.9. The number of ether oxygens (including phenoxy) is 2. The molecule has 19 heavy (non-hydrogen) atoms. The van der Waals surface area contributed by atoms with Crippen LogP contribution in [0.4, 0.5) is 0 Å². The minimum atomic E-state index is -0.847. The Balaban J connectivity index is 2.15. The molecule has 0 fully saturated rings. The van der Waals surface area contributed by atoms with Gasteiger partial charge in [0.15, 0.2) is 6.29 Å². The number of methoxy groups -OCH3 is 2. The number of rotatable bonds is 6. The largest absolute Gasteiger partial charge is 0.390 e. The van der Waals surface area contributed by atoms with E-state index in [9.17, 15) is 5.11 Å². The van der Waals surface area contributed by atoms with E-state index in [0.717, 1.165) is 0 Å². The SMILES string of the molecule is COC(CC(C)(O)Cc1csc2ccccc12)OC. The summed E-state index contributed by atoms with van der Waals surface area (Å²) in [5, 5.41) is 13.9. The molecule has 0 saturated heterocycles. The first-order chi connectivity index (χ1) is 9.05. The van der Waals surface area contributed by atoms with Gasteiger partial charge in [0, 0.05) is 31.8 Å². The van der Waals surface area contributed by atoms with Crippen LogP contribution >= 0.6 is 11.3 Å². The summed E-state index contributed by atoms with van der Waals surface area (Å²) in [6.45, 7) is 1.82. The number of aliphatic hydroxyl groups is 1. The molecule has 0 saturated carbocycles. The number of hydrogen-bond acceptors (Lipinski definition) is 4. The Hall–Kier alpha value is -0.940. The first-order valence-electron chi connectivity index (χ1n) is 6.29. The summed E-state index contributed by atoms with van der Waals surface area (Å²) in [6.07, 6.45) is 0.671. The summed E-state index contributed by atoms with van der Waals surface area (Å²) in [7, 11) is 3.18. The van der Waals surface area contributed by atoms with Crippen molar-refractivity contribution in [2.75, 3.05) is 14.2 Å². The predicted octanol–water partition coefficient (Wildman–Crippen LogP) is 3.20. The lowest BCUT2D eigenvalue weighted by Gasteiger charge is -2.27. The summed E-state index contributed by atoms with van der Waals surface area (Å²) in [5.41, 5.74) is 0.331. The zero-order valence-electron chi connectivity index (χ0n) is 11.6. The maximum atomic E-state index is 10.5. The molecule has 0 bridgehead atoms. The van der Waals surface area contributed by atoms with Gasteiger partial charge in [-0.15, -0.1) is 11.3 Å². The maximum Gasteiger partial charge on any atom is 0.159 e. The van der Waals surface area contributed by atoms with E-state index in [4.69, 9.17) is 9.47 Å². The van der Waals surface area contributed by atoms with Gasteiger partial charge in [0.25, 0.3) is 0 Å². The van der Waals surface area contributed by atoms with Crippen molar-refractivity contribution >= 4 is 21.4 Å². The predicted molar refractivity (Wildman–Crippen MR) is 78.6 cm³/mol. The van der Waals surface area contributed by atoms with Gasteiger partial charge in [-0.2, -0.15) is 0 Å². The van der Waals surface area contributed by atoms with E-state index in [1.807, 2.05) is 19.1 Å². The highest BCUT2D eigenvalue weighted by atomic mass is 32.1. The second-order valence-electron chi connectivity index (χ2n) is 5.04. The standard InChI is InChI=1S/C15H20O3S/c1-15(16,9-14(17-2)18-3)8-11-10-19-13-7-5-4-6-12(11)13/h4-7,10,14,16H,8-9H2,1-3H3. The van der Waals surface area contributed by atoms with Gasteiger partial charge in [-0.05, 0) is 29.3 Å². The molecule has 0 aliphatic rings. The molecule has 0 aliphatic heterocycles. The van der Waals surface area contributed by atoms with Crippen LogP contribution in [0, 0.1) is 0 Å². The molecular formula is C15H20O3S. The molecular weight excluding hydrogens is 260 g/mol. The first-order valence-corrected chi connectivity index (χ1v) is 7.17. The minimum Gasteiger partial charge on any atom is -0.390 e. The molecule has 0 amide bonds. The molecule has 0 aliphatic carbocycles. The van der Waals surface area contributed by atoms with Gasteiger partial charge in [-0.25, -0.2) is 0 Å². The fraction of sp³-hybridized carbons (Fsp3) is 0.467. The second-order valence-corrected chi connectivity index (χ2v) is 5.95. The molecule has 0 spiro atoms. The summed E-state index contributed by atoms with van der Waals surface area (Å²) in [4.78, 5) is 0. The monoisotopic (exact) mass is 280 g/mol. The van der Waals surface area contributed by atoms with Gasteiger partial charge in [-0.3, -0.25) is 0 Å². The van der Waals surface area contributed by atoms with Crippen LogP contribution in [-0.2, 0) is 15.9 Å². The van der Waals surface area contributed by atoms with E-state index in [1.54, 1.807) is 25.6 Å². The van der Waals surface area contributed by atoms with Gasteiger partial charge >= 0.3 is 0 Å². The summed E-state index contributed by atoms with van der Waals surface area (Å²) >= 11 is 1.71.